The summed E-state index contributed by atoms with van der Waals surface area (Å²) in [7, 11) is 0. The van der Waals surface area contributed by atoms with Crippen molar-refractivity contribution in [2.24, 2.45) is 0 Å². The first-order valence-electron chi connectivity index (χ1n) is 11.8. The molecule has 1 aromatic carbocycles. The Morgan fingerprint density at radius 3 is 1.57 bits per heavy atom. The van der Waals surface area contributed by atoms with Crippen LogP contribution < -0.4 is 9.47 Å². The van der Waals surface area contributed by atoms with E-state index in [0.717, 1.165) is 43.1 Å². The Morgan fingerprint density at radius 2 is 1.07 bits per heavy atom. The Morgan fingerprint density at radius 1 is 0.607 bits per heavy atom. The summed E-state index contributed by atoms with van der Waals surface area (Å²) in [6.45, 7) is 5.99. The van der Waals surface area contributed by atoms with Gasteiger partial charge in [0.1, 0.15) is 0 Å². The molecule has 3 heteroatoms. The minimum Gasteiger partial charge on any atom is -0.490 e. The van der Waals surface area contributed by atoms with Crippen LogP contribution in [0, 0.1) is 0 Å². The fraction of sp³-hybridized carbons (Fsp3) is 0.760. The molecule has 3 nitrogen and oxygen atoms in total. The molecular weight excluding hydrogens is 348 g/mol. The van der Waals surface area contributed by atoms with Crippen LogP contribution in [0.1, 0.15) is 109 Å². The average Bonchev–Trinajstić information content (AvgIpc) is 2.72. The van der Waals surface area contributed by atoms with Gasteiger partial charge in [-0.2, -0.15) is 0 Å². The second-order valence-electron chi connectivity index (χ2n) is 7.88. The Labute approximate surface area is 173 Å². The molecule has 1 aromatic rings. The van der Waals surface area contributed by atoms with Gasteiger partial charge in [0, 0.05) is 0 Å². The van der Waals surface area contributed by atoms with E-state index in [9.17, 15) is 5.11 Å². The number of ether oxygens (including phenoxy) is 2. The third kappa shape index (κ3) is 12.3. The fourth-order valence-electron chi connectivity index (χ4n) is 3.37. The fourth-order valence-corrected chi connectivity index (χ4v) is 3.37. The van der Waals surface area contributed by atoms with E-state index < -0.39 is 0 Å². The Balaban J connectivity index is 2.27. The van der Waals surface area contributed by atoms with Crippen molar-refractivity contribution in [2.45, 2.75) is 110 Å². The quantitative estimate of drug-likeness (QED) is 0.249. The first-order chi connectivity index (χ1) is 13.8. The van der Waals surface area contributed by atoms with E-state index in [2.05, 4.69) is 13.8 Å². The summed E-state index contributed by atoms with van der Waals surface area (Å²) < 4.78 is 12.0. The maximum atomic E-state index is 9.40. The van der Waals surface area contributed by atoms with Crippen molar-refractivity contribution in [2.75, 3.05) is 13.2 Å². The summed E-state index contributed by atoms with van der Waals surface area (Å²) >= 11 is 0. The molecule has 0 spiro atoms. The van der Waals surface area contributed by atoms with Gasteiger partial charge in [-0.15, -0.1) is 0 Å². The zero-order valence-corrected chi connectivity index (χ0v) is 18.5. The maximum absolute atomic E-state index is 9.40. The molecule has 162 valence electrons. The predicted octanol–water partition coefficient (Wildman–Crippen LogP) is 7.44. The van der Waals surface area contributed by atoms with Gasteiger partial charge >= 0.3 is 0 Å². The molecule has 0 radical (unpaired) electrons. The number of rotatable bonds is 19. The molecule has 0 saturated carbocycles. The van der Waals surface area contributed by atoms with Crippen LogP contribution in [0.15, 0.2) is 18.2 Å². The summed E-state index contributed by atoms with van der Waals surface area (Å²) in [4.78, 5) is 0. The zero-order chi connectivity index (χ0) is 20.3. The van der Waals surface area contributed by atoms with Gasteiger partial charge in [-0.3, -0.25) is 0 Å². The summed E-state index contributed by atoms with van der Waals surface area (Å²) in [5, 5.41) is 9.40. The van der Waals surface area contributed by atoms with Crippen molar-refractivity contribution < 1.29 is 14.6 Å². The topological polar surface area (TPSA) is 38.7 Å². The molecule has 1 rings (SSSR count). The van der Waals surface area contributed by atoms with Crippen molar-refractivity contribution in [3.63, 3.8) is 0 Å². The van der Waals surface area contributed by atoms with Crippen molar-refractivity contribution >= 4 is 0 Å². The number of benzene rings is 1. The van der Waals surface area contributed by atoms with E-state index >= 15 is 0 Å². The third-order valence-electron chi connectivity index (χ3n) is 5.20. The van der Waals surface area contributed by atoms with Gasteiger partial charge in [0.25, 0.3) is 0 Å². The van der Waals surface area contributed by atoms with Gasteiger partial charge in [0.2, 0.25) is 0 Å². The minimum absolute atomic E-state index is 0.0336. The third-order valence-corrected chi connectivity index (χ3v) is 5.20. The van der Waals surface area contributed by atoms with E-state index in [4.69, 9.17) is 9.47 Å². The van der Waals surface area contributed by atoms with Crippen LogP contribution in [0.25, 0.3) is 0 Å². The highest BCUT2D eigenvalue weighted by Crippen LogP contribution is 2.29. The molecule has 0 fully saturated rings. The SMILES string of the molecule is CCCCCCCCCOc1ccc(CO)cc1OCCCCCCCCC. The summed E-state index contributed by atoms with van der Waals surface area (Å²) in [6, 6.07) is 5.77. The lowest BCUT2D eigenvalue weighted by Crippen LogP contribution is -2.03. The van der Waals surface area contributed by atoms with Crippen LogP contribution in [0.5, 0.6) is 11.5 Å². The molecule has 0 saturated heterocycles. The molecule has 0 aliphatic rings. The van der Waals surface area contributed by atoms with Gasteiger partial charge in [0.05, 0.1) is 19.8 Å². The van der Waals surface area contributed by atoms with Crippen molar-refractivity contribution in [3.8, 4) is 11.5 Å². The zero-order valence-electron chi connectivity index (χ0n) is 18.5. The first kappa shape index (κ1) is 24.8. The van der Waals surface area contributed by atoms with Crippen LogP contribution >= 0.6 is 0 Å². The maximum Gasteiger partial charge on any atom is 0.161 e. The highest BCUT2D eigenvalue weighted by atomic mass is 16.5. The molecule has 0 unspecified atom stereocenters. The van der Waals surface area contributed by atoms with E-state index in [1.165, 1.54) is 77.0 Å². The molecule has 0 atom stereocenters. The van der Waals surface area contributed by atoms with Crippen LogP contribution in [0.2, 0.25) is 0 Å². The number of hydrogen-bond acceptors (Lipinski definition) is 3. The second kappa shape index (κ2) is 17.8. The summed E-state index contributed by atoms with van der Waals surface area (Å²) in [6.07, 6.45) is 17.9. The Bertz CT molecular complexity index is 473. The van der Waals surface area contributed by atoms with Gasteiger partial charge < -0.3 is 14.6 Å². The molecule has 0 amide bonds. The molecule has 0 aliphatic heterocycles. The highest BCUT2D eigenvalue weighted by molar-refractivity contribution is 5.42. The molecule has 0 aromatic heterocycles. The smallest absolute Gasteiger partial charge is 0.161 e. The molecule has 1 N–H and O–H groups in total. The van der Waals surface area contributed by atoms with Crippen LogP contribution in [-0.2, 0) is 6.61 Å². The highest BCUT2D eigenvalue weighted by Gasteiger charge is 2.07. The van der Waals surface area contributed by atoms with Gasteiger partial charge in [-0.05, 0) is 30.5 Å². The molecule has 0 aliphatic carbocycles. The largest absolute Gasteiger partial charge is 0.490 e. The van der Waals surface area contributed by atoms with Crippen molar-refractivity contribution in [1.29, 1.82) is 0 Å². The summed E-state index contributed by atoms with van der Waals surface area (Å²) in [5.74, 6) is 1.59. The average molecular weight is 393 g/mol. The lowest BCUT2D eigenvalue weighted by Gasteiger charge is -2.14. The molecule has 28 heavy (non-hydrogen) atoms. The van der Waals surface area contributed by atoms with Crippen molar-refractivity contribution in [3.05, 3.63) is 23.8 Å². The monoisotopic (exact) mass is 392 g/mol. The normalized spacial score (nSPS) is 11.0. The van der Waals surface area contributed by atoms with Gasteiger partial charge in [0.15, 0.2) is 11.5 Å². The number of hydrogen-bond donors (Lipinski definition) is 1. The first-order valence-corrected chi connectivity index (χ1v) is 11.8. The van der Waals surface area contributed by atoms with Gasteiger partial charge in [-0.25, -0.2) is 0 Å². The predicted molar refractivity (Wildman–Crippen MR) is 119 cm³/mol. The van der Waals surface area contributed by atoms with E-state index in [0.29, 0.717) is 0 Å². The van der Waals surface area contributed by atoms with Crippen LogP contribution in [-0.4, -0.2) is 18.3 Å². The van der Waals surface area contributed by atoms with Crippen LogP contribution in [0.3, 0.4) is 0 Å². The second-order valence-corrected chi connectivity index (χ2v) is 7.88. The van der Waals surface area contributed by atoms with Crippen molar-refractivity contribution in [1.82, 2.24) is 0 Å². The van der Waals surface area contributed by atoms with E-state index in [1.54, 1.807) is 0 Å². The van der Waals surface area contributed by atoms with Gasteiger partial charge in [-0.1, -0.05) is 97.0 Å². The lowest BCUT2D eigenvalue weighted by molar-refractivity contribution is 0.254. The molecule has 0 bridgehead atoms. The Hall–Kier alpha value is -1.22. The lowest BCUT2D eigenvalue weighted by atomic mass is 10.1. The Kier molecular flexibility index (Phi) is 15.8. The van der Waals surface area contributed by atoms with E-state index in [-0.39, 0.29) is 6.61 Å². The number of aliphatic hydroxyl groups excluding tert-OH is 1. The minimum atomic E-state index is 0.0336. The molecular formula is C25H44O3. The van der Waals surface area contributed by atoms with E-state index in [1.807, 2.05) is 18.2 Å². The molecule has 0 heterocycles. The number of unbranched alkanes of at least 4 members (excludes halogenated alkanes) is 12. The standard InChI is InChI=1S/C25H44O3/c1-3-5-7-9-11-13-15-19-27-24-18-17-23(22-26)21-25(24)28-20-16-14-12-10-8-6-4-2/h17-18,21,26H,3-16,19-20,22H2,1-2H3. The number of aliphatic hydroxyl groups is 1. The van der Waals surface area contributed by atoms with Crippen LogP contribution in [0.4, 0.5) is 0 Å². The summed E-state index contributed by atoms with van der Waals surface area (Å²) in [5.41, 5.74) is 0.873.